The van der Waals surface area contributed by atoms with Gasteiger partial charge in [-0.15, -0.1) is 11.3 Å². The Labute approximate surface area is 302 Å². The predicted octanol–water partition coefficient (Wildman–Crippen LogP) is 12.2. The minimum atomic E-state index is -0.484. The molecule has 0 bridgehead atoms. The van der Waals surface area contributed by atoms with Gasteiger partial charge in [-0.25, -0.2) is 15.0 Å². The average Bonchev–Trinajstić information content (AvgIpc) is 3.91. The molecule has 0 saturated heterocycles. The summed E-state index contributed by atoms with van der Waals surface area (Å²) in [7, 11) is 0. The molecule has 0 aliphatic heterocycles. The van der Waals surface area contributed by atoms with Crippen molar-refractivity contribution >= 4 is 75.3 Å². The first-order chi connectivity index (χ1) is 27.3. The van der Waals surface area contributed by atoms with E-state index in [-0.39, 0.29) is 29.3 Å². The monoisotopic (exact) mass is 675 g/mol. The Hall–Kier alpha value is -6.63. The summed E-state index contributed by atoms with van der Waals surface area (Å²) in [6.45, 7) is 0. The Balaban J connectivity index is 1.17. The van der Waals surface area contributed by atoms with Gasteiger partial charge in [-0.3, -0.25) is 0 Å². The van der Waals surface area contributed by atoms with Crippen LogP contribution in [0.25, 0.3) is 104 Å². The van der Waals surface area contributed by atoms with Gasteiger partial charge in [0.05, 0.1) is 17.9 Å². The number of aromatic nitrogens is 4. The molecule has 11 aromatic rings. The molecule has 238 valence electrons. The van der Waals surface area contributed by atoms with Gasteiger partial charge in [-0.2, -0.15) is 0 Å². The van der Waals surface area contributed by atoms with E-state index in [4.69, 9.17) is 26.2 Å². The lowest BCUT2D eigenvalue weighted by Gasteiger charge is -2.10. The summed E-state index contributed by atoms with van der Waals surface area (Å²) >= 11 is 1.68. The molecule has 4 aromatic heterocycles. The number of nitrogens with zero attached hydrogens (tertiary/aromatic N) is 4. The fourth-order valence-electron chi connectivity index (χ4n) is 7.31. The van der Waals surface area contributed by atoms with E-state index in [1.165, 1.54) is 10.8 Å². The lowest BCUT2D eigenvalue weighted by atomic mass is 10.0. The first-order valence-corrected chi connectivity index (χ1v) is 17.3. The first-order valence-electron chi connectivity index (χ1n) is 19.0. The molecule has 5 nitrogen and oxygen atoms in total. The number of hydrogen-bond donors (Lipinski definition) is 0. The SMILES string of the molecule is [2H]c1c([2H])c([2H])c(-c2nc(-c3ccc4c(c3)oc3ccccc34)nc(-c3cccc4sc5ccc(-n6c7ccccc7c7ccccc76)cc5c34)n2)c([2H])c1[2H]. The van der Waals surface area contributed by atoms with Crippen molar-refractivity contribution in [3.8, 4) is 39.9 Å². The summed E-state index contributed by atoms with van der Waals surface area (Å²) in [4.78, 5) is 14.8. The first kappa shape index (κ1) is 23.7. The van der Waals surface area contributed by atoms with Gasteiger partial charge < -0.3 is 8.98 Å². The summed E-state index contributed by atoms with van der Waals surface area (Å²) in [5.74, 6) is 0.574. The molecule has 0 N–H and O–H groups in total. The Bertz CT molecular complexity index is 3380. The molecular formula is C45H26N4OS. The summed E-state index contributed by atoms with van der Waals surface area (Å²) < 4.78 is 53.4. The molecule has 0 amide bonds. The Morgan fingerprint density at radius 2 is 1.20 bits per heavy atom. The largest absolute Gasteiger partial charge is 0.456 e. The maximum absolute atomic E-state index is 8.83. The molecular weight excluding hydrogens is 645 g/mol. The molecule has 0 fully saturated rings. The van der Waals surface area contributed by atoms with E-state index in [0.29, 0.717) is 17.0 Å². The molecule has 0 aliphatic rings. The molecule has 7 aromatic carbocycles. The summed E-state index contributed by atoms with van der Waals surface area (Å²) in [5.41, 5.74) is 5.91. The van der Waals surface area contributed by atoms with E-state index in [1.807, 2.05) is 54.6 Å². The van der Waals surface area contributed by atoms with Crippen LogP contribution in [0.15, 0.2) is 162 Å². The number of benzene rings is 7. The molecule has 0 saturated carbocycles. The topological polar surface area (TPSA) is 56.7 Å². The summed E-state index contributed by atoms with van der Waals surface area (Å²) in [6.07, 6.45) is 0. The number of para-hydroxylation sites is 3. The highest BCUT2D eigenvalue weighted by Gasteiger charge is 2.19. The molecule has 0 aliphatic carbocycles. The van der Waals surface area contributed by atoms with Gasteiger partial charge in [0.25, 0.3) is 0 Å². The summed E-state index contributed by atoms with van der Waals surface area (Å²) in [6, 6.07) is 40.8. The lowest BCUT2D eigenvalue weighted by molar-refractivity contribution is 0.669. The van der Waals surface area contributed by atoms with Crippen LogP contribution in [0.1, 0.15) is 6.85 Å². The second-order valence-electron chi connectivity index (χ2n) is 12.4. The van der Waals surface area contributed by atoms with Gasteiger partial charge in [-0.05, 0) is 54.6 Å². The van der Waals surface area contributed by atoms with Crippen molar-refractivity contribution in [3.05, 3.63) is 158 Å². The van der Waals surface area contributed by atoms with Crippen LogP contribution in [0, 0.1) is 0 Å². The van der Waals surface area contributed by atoms with Gasteiger partial charge in [-0.1, -0.05) is 103 Å². The van der Waals surface area contributed by atoms with Gasteiger partial charge in [0, 0.05) is 64.1 Å². The van der Waals surface area contributed by atoms with Gasteiger partial charge in [0.15, 0.2) is 17.5 Å². The van der Waals surface area contributed by atoms with Crippen molar-refractivity contribution in [2.24, 2.45) is 0 Å². The maximum atomic E-state index is 8.83. The molecule has 0 unspecified atom stereocenters. The molecule has 4 heterocycles. The third-order valence-corrected chi connectivity index (χ3v) is 10.7. The highest BCUT2D eigenvalue weighted by atomic mass is 32.1. The van der Waals surface area contributed by atoms with Crippen LogP contribution < -0.4 is 0 Å². The van der Waals surface area contributed by atoms with Crippen LogP contribution in [0.4, 0.5) is 0 Å². The predicted molar refractivity (Wildman–Crippen MR) is 211 cm³/mol. The fraction of sp³-hybridized carbons (Fsp3) is 0. The van der Waals surface area contributed by atoms with Gasteiger partial charge in [0.2, 0.25) is 0 Å². The second kappa shape index (κ2) is 10.9. The lowest BCUT2D eigenvalue weighted by Crippen LogP contribution is -2.00. The summed E-state index contributed by atoms with van der Waals surface area (Å²) in [5, 5.41) is 6.26. The Kier molecular flexibility index (Phi) is 5.08. The van der Waals surface area contributed by atoms with Gasteiger partial charge in [0.1, 0.15) is 11.2 Å². The van der Waals surface area contributed by atoms with E-state index in [2.05, 4.69) is 77.4 Å². The van der Waals surface area contributed by atoms with Crippen LogP contribution >= 0.6 is 11.3 Å². The number of thiophene rings is 1. The zero-order valence-corrected chi connectivity index (χ0v) is 27.5. The number of hydrogen-bond acceptors (Lipinski definition) is 5. The van der Waals surface area contributed by atoms with E-state index in [1.54, 1.807) is 11.3 Å². The molecule has 0 atom stereocenters. The van der Waals surface area contributed by atoms with Crippen LogP contribution in [0.5, 0.6) is 0 Å². The second-order valence-corrected chi connectivity index (χ2v) is 13.5. The van der Waals surface area contributed by atoms with Crippen molar-refractivity contribution in [1.29, 1.82) is 0 Å². The standard InChI is InChI=1S/C45H26N4OS/c1-2-11-27(12-3-1)43-46-44(28-21-23-33-32-15-6-9-19-38(32)50-39(33)25-28)48-45(47-43)34-16-10-20-41-42(34)35-26-29(22-24-40(35)51-41)49-36-17-7-4-13-30(36)31-14-5-8-18-37(31)49/h1-26H/i1D,2D,3D,11D,12D. The van der Waals surface area contributed by atoms with Crippen molar-refractivity contribution < 1.29 is 11.3 Å². The van der Waals surface area contributed by atoms with Crippen molar-refractivity contribution in [2.75, 3.05) is 0 Å². The quantitative estimate of drug-likeness (QED) is 0.186. The maximum Gasteiger partial charge on any atom is 0.164 e. The number of rotatable bonds is 4. The minimum absolute atomic E-state index is 0.0192. The zero-order chi connectivity index (χ0) is 37.8. The molecule has 0 radical (unpaired) electrons. The van der Waals surface area contributed by atoms with E-state index in [9.17, 15) is 0 Å². The van der Waals surface area contributed by atoms with E-state index in [0.717, 1.165) is 58.8 Å². The van der Waals surface area contributed by atoms with Crippen molar-refractivity contribution in [1.82, 2.24) is 19.5 Å². The smallest absolute Gasteiger partial charge is 0.164 e. The molecule has 0 spiro atoms. The van der Waals surface area contributed by atoms with Crippen LogP contribution in [-0.4, -0.2) is 19.5 Å². The van der Waals surface area contributed by atoms with Crippen LogP contribution in [-0.2, 0) is 0 Å². The highest BCUT2D eigenvalue weighted by molar-refractivity contribution is 7.26. The average molecular weight is 676 g/mol. The minimum Gasteiger partial charge on any atom is -0.456 e. The third kappa shape index (κ3) is 4.37. The van der Waals surface area contributed by atoms with Crippen molar-refractivity contribution in [3.63, 3.8) is 0 Å². The van der Waals surface area contributed by atoms with E-state index >= 15 is 0 Å². The highest BCUT2D eigenvalue weighted by Crippen LogP contribution is 2.42. The van der Waals surface area contributed by atoms with Crippen LogP contribution in [0.3, 0.4) is 0 Å². The Morgan fingerprint density at radius 1 is 0.510 bits per heavy atom. The molecule has 51 heavy (non-hydrogen) atoms. The fourth-order valence-corrected chi connectivity index (χ4v) is 8.42. The number of furan rings is 1. The zero-order valence-electron chi connectivity index (χ0n) is 31.7. The van der Waals surface area contributed by atoms with E-state index < -0.39 is 18.1 Å². The normalized spacial score (nSPS) is 13.3. The Morgan fingerprint density at radius 3 is 2.00 bits per heavy atom. The third-order valence-electron chi connectivity index (χ3n) is 9.55. The molecule has 6 heteroatoms. The van der Waals surface area contributed by atoms with Gasteiger partial charge >= 0.3 is 0 Å². The number of fused-ring (bicyclic) bond motifs is 9. The van der Waals surface area contributed by atoms with Crippen molar-refractivity contribution in [2.45, 2.75) is 0 Å². The van der Waals surface area contributed by atoms with Crippen LogP contribution in [0.2, 0.25) is 0 Å². The molecule has 11 rings (SSSR count).